The van der Waals surface area contributed by atoms with Crippen molar-refractivity contribution in [2.24, 2.45) is 5.92 Å². The van der Waals surface area contributed by atoms with Crippen LogP contribution >= 0.6 is 12.6 Å². The maximum atomic E-state index is 5.55. The third-order valence-corrected chi connectivity index (χ3v) is 3.00. The van der Waals surface area contributed by atoms with Crippen molar-refractivity contribution >= 4 is 12.6 Å². The zero-order chi connectivity index (χ0) is 13.5. The predicted octanol–water partition coefficient (Wildman–Crippen LogP) is 2.03. The standard InChI is InChI=1S/C13H28O4S/c1-3-4-13(12-18)11-17-10-9-16-8-7-15-6-5-14-2/h13,18H,3-12H2,1-2H3. The molecule has 18 heavy (non-hydrogen) atoms. The number of thiol groups is 1. The molecule has 0 aromatic heterocycles. The lowest BCUT2D eigenvalue weighted by molar-refractivity contribution is -0.000716. The van der Waals surface area contributed by atoms with Gasteiger partial charge in [0.15, 0.2) is 0 Å². The molecule has 0 aromatic carbocycles. The van der Waals surface area contributed by atoms with Gasteiger partial charge in [-0.05, 0) is 18.1 Å². The molecule has 0 saturated carbocycles. The Morgan fingerprint density at radius 2 is 1.44 bits per heavy atom. The van der Waals surface area contributed by atoms with Crippen LogP contribution in [0.4, 0.5) is 0 Å². The van der Waals surface area contributed by atoms with E-state index in [1.54, 1.807) is 7.11 Å². The molecule has 0 bridgehead atoms. The van der Waals surface area contributed by atoms with Gasteiger partial charge in [0.1, 0.15) is 0 Å². The monoisotopic (exact) mass is 280 g/mol. The van der Waals surface area contributed by atoms with Crippen LogP contribution in [-0.2, 0) is 18.9 Å². The molecule has 0 aliphatic heterocycles. The van der Waals surface area contributed by atoms with Gasteiger partial charge in [-0.15, -0.1) is 0 Å². The molecule has 1 unspecified atom stereocenters. The summed E-state index contributed by atoms with van der Waals surface area (Å²) in [4.78, 5) is 0. The van der Waals surface area contributed by atoms with E-state index in [0.29, 0.717) is 45.6 Å². The fraction of sp³-hybridized carbons (Fsp3) is 1.00. The molecule has 0 aliphatic rings. The average Bonchev–Trinajstić information content (AvgIpc) is 2.39. The molecule has 5 heteroatoms. The first kappa shape index (κ1) is 18.2. The Kier molecular flexibility index (Phi) is 15.4. The fourth-order valence-corrected chi connectivity index (χ4v) is 1.76. The highest BCUT2D eigenvalue weighted by Crippen LogP contribution is 2.08. The zero-order valence-corrected chi connectivity index (χ0v) is 12.6. The molecule has 0 saturated heterocycles. The van der Waals surface area contributed by atoms with Crippen LogP contribution in [0.1, 0.15) is 19.8 Å². The highest BCUT2D eigenvalue weighted by atomic mass is 32.1. The van der Waals surface area contributed by atoms with Gasteiger partial charge < -0.3 is 18.9 Å². The molecular weight excluding hydrogens is 252 g/mol. The molecule has 0 fully saturated rings. The first-order valence-electron chi connectivity index (χ1n) is 6.68. The van der Waals surface area contributed by atoms with Crippen molar-refractivity contribution in [3.8, 4) is 0 Å². The number of rotatable bonds is 14. The number of methoxy groups -OCH3 is 1. The third-order valence-electron chi connectivity index (χ3n) is 2.48. The minimum absolute atomic E-state index is 0.565. The van der Waals surface area contributed by atoms with Gasteiger partial charge in [-0.25, -0.2) is 0 Å². The molecule has 4 nitrogen and oxygen atoms in total. The van der Waals surface area contributed by atoms with Gasteiger partial charge in [0.05, 0.1) is 46.2 Å². The second-order valence-corrected chi connectivity index (χ2v) is 4.49. The van der Waals surface area contributed by atoms with E-state index in [0.717, 1.165) is 12.4 Å². The fourth-order valence-electron chi connectivity index (χ4n) is 1.47. The molecule has 0 aliphatic carbocycles. The number of hydrogen-bond acceptors (Lipinski definition) is 5. The van der Waals surface area contributed by atoms with Gasteiger partial charge >= 0.3 is 0 Å². The second kappa shape index (κ2) is 15.2. The van der Waals surface area contributed by atoms with E-state index in [1.165, 1.54) is 12.8 Å². The van der Waals surface area contributed by atoms with Gasteiger partial charge in [0.25, 0.3) is 0 Å². The van der Waals surface area contributed by atoms with E-state index in [1.807, 2.05) is 0 Å². The summed E-state index contributed by atoms with van der Waals surface area (Å²) in [5.41, 5.74) is 0. The first-order chi connectivity index (χ1) is 8.85. The third kappa shape index (κ3) is 12.6. The highest BCUT2D eigenvalue weighted by molar-refractivity contribution is 7.80. The van der Waals surface area contributed by atoms with Gasteiger partial charge in [0.2, 0.25) is 0 Å². The van der Waals surface area contributed by atoms with Crippen molar-refractivity contribution in [2.75, 3.05) is 59.1 Å². The van der Waals surface area contributed by atoms with Crippen molar-refractivity contribution in [3.05, 3.63) is 0 Å². The van der Waals surface area contributed by atoms with Crippen molar-refractivity contribution in [1.82, 2.24) is 0 Å². The van der Waals surface area contributed by atoms with Crippen LogP contribution in [0.15, 0.2) is 0 Å². The highest BCUT2D eigenvalue weighted by Gasteiger charge is 2.04. The minimum atomic E-state index is 0.565. The molecule has 0 radical (unpaired) electrons. The summed E-state index contributed by atoms with van der Waals surface area (Å²) in [7, 11) is 1.66. The largest absolute Gasteiger partial charge is 0.382 e. The summed E-state index contributed by atoms with van der Waals surface area (Å²) in [6.45, 7) is 6.71. The lowest BCUT2D eigenvalue weighted by Crippen LogP contribution is -2.15. The number of hydrogen-bond donors (Lipinski definition) is 1. The molecule has 0 N–H and O–H groups in total. The maximum absolute atomic E-state index is 5.55. The van der Waals surface area contributed by atoms with E-state index in [2.05, 4.69) is 19.6 Å². The molecular formula is C13H28O4S. The summed E-state index contributed by atoms with van der Waals surface area (Å²) >= 11 is 4.31. The van der Waals surface area contributed by atoms with Crippen molar-refractivity contribution < 1.29 is 18.9 Å². The van der Waals surface area contributed by atoms with Gasteiger partial charge in [-0.3, -0.25) is 0 Å². The Hall–Kier alpha value is 0.190. The van der Waals surface area contributed by atoms with E-state index < -0.39 is 0 Å². The predicted molar refractivity (Wildman–Crippen MR) is 76.6 cm³/mol. The first-order valence-corrected chi connectivity index (χ1v) is 7.31. The molecule has 0 heterocycles. The lowest BCUT2D eigenvalue weighted by Gasteiger charge is -2.13. The Morgan fingerprint density at radius 1 is 0.889 bits per heavy atom. The number of ether oxygens (including phenoxy) is 4. The molecule has 1 atom stereocenters. The Morgan fingerprint density at radius 3 is 1.94 bits per heavy atom. The van der Waals surface area contributed by atoms with E-state index in [-0.39, 0.29) is 0 Å². The quantitative estimate of drug-likeness (QED) is 0.390. The van der Waals surface area contributed by atoms with Crippen LogP contribution in [0.5, 0.6) is 0 Å². The molecule has 0 aromatic rings. The molecule has 0 spiro atoms. The lowest BCUT2D eigenvalue weighted by atomic mass is 10.1. The van der Waals surface area contributed by atoms with Crippen LogP contribution in [0, 0.1) is 5.92 Å². The maximum Gasteiger partial charge on any atom is 0.0701 e. The van der Waals surface area contributed by atoms with Crippen LogP contribution in [0.25, 0.3) is 0 Å². The summed E-state index contributed by atoms with van der Waals surface area (Å²) in [5.74, 6) is 1.46. The van der Waals surface area contributed by atoms with Crippen LogP contribution < -0.4 is 0 Å². The van der Waals surface area contributed by atoms with E-state index in [9.17, 15) is 0 Å². The Balaban J connectivity index is 3.10. The smallest absolute Gasteiger partial charge is 0.0701 e. The normalized spacial score (nSPS) is 12.8. The van der Waals surface area contributed by atoms with Crippen LogP contribution in [0.3, 0.4) is 0 Å². The molecule has 110 valence electrons. The molecule has 0 amide bonds. The van der Waals surface area contributed by atoms with Gasteiger partial charge in [0, 0.05) is 7.11 Å². The van der Waals surface area contributed by atoms with Crippen LogP contribution in [0.2, 0.25) is 0 Å². The summed E-state index contributed by atoms with van der Waals surface area (Å²) in [6.07, 6.45) is 2.36. The average molecular weight is 280 g/mol. The van der Waals surface area contributed by atoms with Crippen molar-refractivity contribution in [2.45, 2.75) is 19.8 Å². The second-order valence-electron chi connectivity index (χ2n) is 4.13. The van der Waals surface area contributed by atoms with Crippen molar-refractivity contribution in [3.63, 3.8) is 0 Å². The van der Waals surface area contributed by atoms with E-state index in [4.69, 9.17) is 18.9 Å². The van der Waals surface area contributed by atoms with E-state index >= 15 is 0 Å². The van der Waals surface area contributed by atoms with Crippen molar-refractivity contribution in [1.29, 1.82) is 0 Å². The summed E-state index contributed by atoms with van der Waals surface area (Å²) < 4.78 is 21.1. The summed E-state index contributed by atoms with van der Waals surface area (Å²) in [6, 6.07) is 0. The van der Waals surface area contributed by atoms with Gasteiger partial charge in [-0.2, -0.15) is 12.6 Å². The SMILES string of the molecule is CCCC(CS)COCCOCCOCCOC. The molecule has 0 rings (SSSR count). The minimum Gasteiger partial charge on any atom is -0.382 e. The van der Waals surface area contributed by atoms with Gasteiger partial charge in [-0.1, -0.05) is 13.3 Å². The summed E-state index contributed by atoms with van der Waals surface area (Å²) in [5, 5.41) is 0. The Labute approximate surface area is 117 Å². The topological polar surface area (TPSA) is 36.9 Å². The Bertz CT molecular complexity index is 158. The zero-order valence-electron chi connectivity index (χ0n) is 11.7. The van der Waals surface area contributed by atoms with Crippen LogP contribution in [-0.4, -0.2) is 59.1 Å².